The number of imide groups is 3. The molecule has 0 aromatic heterocycles. The van der Waals surface area contributed by atoms with Gasteiger partial charge in [-0.1, -0.05) is 11.6 Å². The minimum Gasteiger partial charge on any atom is -0.508 e. The number of halogens is 1. The van der Waals surface area contributed by atoms with Gasteiger partial charge in [0, 0.05) is 28.7 Å². The van der Waals surface area contributed by atoms with Crippen molar-refractivity contribution in [1.29, 1.82) is 0 Å². The minimum absolute atomic E-state index is 0.0467. The first-order valence-electron chi connectivity index (χ1n) is 10.9. The number of carbonyl (C=O) groups is 5. The molecule has 0 unspecified atom stereocenters. The Balaban J connectivity index is 1.70. The van der Waals surface area contributed by atoms with Gasteiger partial charge in [0.05, 0.1) is 30.5 Å². The summed E-state index contributed by atoms with van der Waals surface area (Å²) in [6.07, 6.45) is 2.16. The van der Waals surface area contributed by atoms with Gasteiger partial charge in [-0.25, -0.2) is 4.79 Å². The molecule has 1 fully saturated rings. The third-order valence-corrected chi connectivity index (χ3v) is 7.82. The van der Waals surface area contributed by atoms with E-state index in [0.717, 1.165) is 7.11 Å². The molecule has 1 aromatic carbocycles. The summed E-state index contributed by atoms with van der Waals surface area (Å²) in [5, 5.41) is 10.8. The van der Waals surface area contributed by atoms with Crippen LogP contribution >= 0.6 is 15.9 Å². The van der Waals surface area contributed by atoms with Crippen molar-refractivity contribution in [3.8, 4) is 11.5 Å². The molecular weight excluding hydrogens is 522 g/mol. The monoisotopic (exact) mass is 541 g/mol. The summed E-state index contributed by atoms with van der Waals surface area (Å²) in [5.74, 6) is -4.94. The number of phenolic OH excluding ortho intramolecular Hbond substituents is 1. The van der Waals surface area contributed by atoms with E-state index in [1.54, 1.807) is 18.2 Å². The van der Waals surface area contributed by atoms with Crippen LogP contribution in [0.2, 0.25) is 0 Å². The third kappa shape index (κ3) is 3.30. The normalized spacial score (nSPS) is 27.7. The zero-order valence-electron chi connectivity index (χ0n) is 18.7. The van der Waals surface area contributed by atoms with Crippen LogP contribution < -0.4 is 4.74 Å². The lowest BCUT2D eigenvalue weighted by Crippen LogP contribution is -2.40. The van der Waals surface area contributed by atoms with Crippen molar-refractivity contribution in [2.75, 3.05) is 14.2 Å². The van der Waals surface area contributed by atoms with Crippen LogP contribution in [0, 0.1) is 17.8 Å². The molecule has 5 rings (SSSR count). The maximum atomic E-state index is 13.3. The number of ketones is 2. The van der Waals surface area contributed by atoms with Gasteiger partial charge in [-0.15, -0.1) is 0 Å². The lowest BCUT2D eigenvalue weighted by molar-refractivity contribution is -0.137. The van der Waals surface area contributed by atoms with E-state index >= 15 is 0 Å². The number of methoxy groups -OCH3 is 2. The van der Waals surface area contributed by atoms with Gasteiger partial charge in [0.2, 0.25) is 11.8 Å². The van der Waals surface area contributed by atoms with Crippen LogP contribution in [-0.2, 0) is 23.9 Å². The smallest absolute Gasteiger partial charge is 0.423 e. The van der Waals surface area contributed by atoms with Crippen LogP contribution in [0.1, 0.15) is 24.3 Å². The summed E-state index contributed by atoms with van der Waals surface area (Å²) in [6.45, 7) is 0. The first kappa shape index (κ1) is 23.2. The van der Waals surface area contributed by atoms with Gasteiger partial charge in [-0.05, 0) is 52.9 Å². The molecule has 0 spiro atoms. The molecule has 35 heavy (non-hydrogen) atoms. The van der Waals surface area contributed by atoms with E-state index in [9.17, 15) is 29.1 Å². The highest BCUT2D eigenvalue weighted by atomic mass is 79.9. The van der Waals surface area contributed by atoms with E-state index < -0.39 is 47.4 Å². The zero-order chi connectivity index (χ0) is 25.2. The molecule has 1 N–H and O–H groups in total. The number of likely N-dealkylation sites (tertiary alicyclic amines) is 1. The average molecular weight is 542 g/mol. The number of benzene rings is 1. The largest absolute Gasteiger partial charge is 0.508 e. The van der Waals surface area contributed by atoms with Crippen LogP contribution in [0.25, 0.3) is 0 Å². The topological polar surface area (TPSA) is 127 Å². The van der Waals surface area contributed by atoms with Gasteiger partial charge in [0.15, 0.2) is 11.6 Å². The molecule has 10 heteroatoms. The van der Waals surface area contributed by atoms with E-state index in [2.05, 4.69) is 20.7 Å². The number of phenols is 1. The molecule has 0 bridgehead atoms. The zero-order valence-corrected chi connectivity index (χ0v) is 20.3. The van der Waals surface area contributed by atoms with Crippen molar-refractivity contribution in [3.05, 3.63) is 57.1 Å². The molecule has 180 valence electrons. The molecule has 1 aliphatic heterocycles. The Morgan fingerprint density at radius 2 is 1.86 bits per heavy atom. The maximum absolute atomic E-state index is 13.3. The second-order valence-corrected chi connectivity index (χ2v) is 9.65. The molecule has 3 amide bonds. The van der Waals surface area contributed by atoms with E-state index in [-0.39, 0.29) is 40.0 Å². The van der Waals surface area contributed by atoms with Gasteiger partial charge in [0.25, 0.3) is 0 Å². The van der Waals surface area contributed by atoms with E-state index in [1.807, 2.05) is 0 Å². The van der Waals surface area contributed by atoms with Crippen LogP contribution in [0.3, 0.4) is 0 Å². The molecule has 0 saturated carbocycles. The van der Waals surface area contributed by atoms with Crippen LogP contribution in [0.4, 0.5) is 4.79 Å². The van der Waals surface area contributed by atoms with Crippen molar-refractivity contribution in [2.45, 2.75) is 18.8 Å². The quantitative estimate of drug-likeness (QED) is 0.344. The standard InChI is InChI=1S/C25H20BrNO8/c1-34-10-3-6-17(28)14(7-10)19-11-4-5-12-20(24(32)27(23(12)31)25(33)35-2)13(11)8-15-21(19)18(29)9-16(26)22(15)30/h3-4,6-7,9,12-13,19-20,28H,5,8H2,1-2H3/t12-,13+,19+,20-/m0/s1. The van der Waals surface area contributed by atoms with Crippen LogP contribution in [0.15, 0.2) is 51.6 Å². The number of carbonyl (C=O) groups excluding carboxylic acids is 5. The fraction of sp³-hybridized carbons (Fsp3) is 0.320. The first-order valence-corrected chi connectivity index (χ1v) is 11.7. The minimum atomic E-state index is -1.05. The van der Waals surface area contributed by atoms with E-state index in [4.69, 9.17) is 4.74 Å². The highest BCUT2D eigenvalue weighted by Gasteiger charge is 2.58. The lowest BCUT2D eigenvalue weighted by atomic mass is 9.59. The maximum Gasteiger partial charge on any atom is 0.423 e. The number of ether oxygens (including phenoxy) is 2. The highest BCUT2D eigenvalue weighted by Crippen LogP contribution is 2.56. The van der Waals surface area contributed by atoms with E-state index in [0.29, 0.717) is 21.8 Å². The second kappa shape index (κ2) is 8.30. The summed E-state index contributed by atoms with van der Waals surface area (Å²) in [6, 6.07) is 4.60. The van der Waals surface area contributed by atoms with E-state index in [1.165, 1.54) is 19.3 Å². The van der Waals surface area contributed by atoms with Crippen LogP contribution in [-0.4, -0.2) is 53.7 Å². The molecule has 3 aliphatic carbocycles. The molecule has 4 aliphatic rings. The Morgan fingerprint density at radius 3 is 2.54 bits per heavy atom. The number of rotatable bonds is 2. The number of Topliss-reactive ketones (excluding diaryl/α,β-unsaturated/α-hetero) is 1. The number of aromatic hydroxyl groups is 1. The number of allylic oxidation sites excluding steroid dienone is 6. The Labute approximate surface area is 208 Å². The summed E-state index contributed by atoms with van der Waals surface area (Å²) in [4.78, 5) is 65.3. The van der Waals surface area contributed by atoms with Gasteiger partial charge in [-0.2, -0.15) is 4.90 Å². The number of fused-ring (bicyclic) bond motifs is 3. The molecule has 1 aromatic rings. The van der Waals surface area contributed by atoms with Crippen LogP contribution in [0.5, 0.6) is 11.5 Å². The molecule has 1 saturated heterocycles. The molecule has 0 radical (unpaired) electrons. The summed E-state index contributed by atoms with van der Waals surface area (Å²) >= 11 is 3.16. The third-order valence-electron chi connectivity index (χ3n) is 7.23. The predicted molar refractivity (Wildman–Crippen MR) is 123 cm³/mol. The Morgan fingerprint density at radius 1 is 1.11 bits per heavy atom. The number of amides is 3. The fourth-order valence-electron chi connectivity index (χ4n) is 5.72. The molecule has 1 heterocycles. The number of nitrogens with zero attached hydrogens (tertiary/aromatic N) is 1. The van der Waals surface area contributed by atoms with Crippen molar-refractivity contribution < 1.29 is 38.6 Å². The lowest BCUT2D eigenvalue weighted by Gasteiger charge is -2.42. The predicted octanol–water partition coefficient (Wildman–Crippen LogP) is 2.93. The number of hydrogen-bond acceptors (Lipinski definition) is 8. The van der Waals surface area contributed by atoms with Gasteiger partial charge < -0.3 is 14.6 Å². The van der Waals surface area contributed by atoms with Gasteiger partial charge in [-0.3, -0.25) is 19.2 Å². The summed E-state index contributed by atoms with van der Waals surface area (Å²) in [7, 11) is 2.55. The highest BCUT2D eigenvalue weighted by molar-refractivity contribution is 9.12. The van der Waals surface area contributed by atoms with Gasteiger partial charge in [0.1, 0.15) is 11.5 Å². The second-order valence-electron chi connectivity index (χ2n) is 8.80. The van der Waals surface area contributed by atoms with Crippen molar-refractivity contribution in [1.82, 2.24) is 4.90 Å². The first-order chi connectivity index (χ1) is 16.7. The van der Waals surface area contributed by atoms with Crippen molar-refractivity contribution in [3.63, 3.8) is 0 Å². The fourth-order valence-corrected chi connectivity index (χ4v) is 6.17. The molecule has 9 nitrogen and oxygen atoms in total. The molecular formula is C25H20BrNO8. The summed E-state index contributed by atoms with van der Waals surface area (Å²) < 4.78 is 10.1. The number of hydrogen-bond donors (Lipinski definition) is 1. The van der Waals surface area contributed by atoms with Gasteiger partial charge >= 0.3 is 6.09 Å². The van der Waals surface area contributed by atoms with Crippen molar-refractivity contribution in [2.24, 2.45) is 17.8 Å². The SMILES string of the molecule is COC(=O)N1C(=O)[C@H]2[C@H](CC=C3[C@H](c4cc(OC)ccc4O)C4=C(C[C@H]32)C(=O)C(Br)=CC4=O)C1=O. The Kier molecular flexibility index (Phi) is 5.51. The Hall–Kier alpha value is -3.53. The summed E-state index contributed by atoms with van der Waals surface area (Å²) in [5.41, 5.74) is 1.44. The average Bonchev–Trinajstić information content (AvgIpc) is 3.11. The van der Waals surface area contributed by atoms with Crippen molar-refractivity contribution >= 4 is 45.4 Å². The Bertz CT molecular complexity index is 1320. The molecule has 4 atom stereocenters.